The highest BCUT2D eigenvalue weighted by molar-refractivity contribution is 6.32. The number of fused-ring (bicyclic) bond motifs is 1. The van der Waals surface area contributed by atoms with Gasteiger partial charge in [0.2, 0.25) is 0 Å². The normalized spacial score (nSPS) is 14.2. The third-order valence-corrected chi connectivity index (χ3v) is 4.22. The van der Waals surface area contributed by atoms with Crippen LogP contribution in [-0.2, 0) is 35.9 Å². The molecule has 134 valence electrons. The number of methoxy groups -OCH3 is 2. The number of nitrogens with one attached hydrogen (secondary N) is 1. The van der Waals surface area contributed by atoms with Crippen LogP contribution in [0.2, 0.25) is 0 Å². The predicted octanol–water partition coefficient (Wildman–Crippen LogP) is 1.80. The van der Waals surface area contributed by atoms with Crippen LogP contribution < -0.4 is 10.1 Å². The maximum absolute atomic E-state index is 12.5. The second-order valence-electron chi connectivity index (χ2n) is 5.67. The van der Waals surface area contributed by atoms with E-state index in [1.807, 2.05) is 30.3 Å². The topological polar surface area (TPSA) is 90.9 Å². The third-order valence-electron chi connectivity index (χ3n) is 4.22. The molecular weight excluding hydrogens is 338 g/mol. The van der Waals surface area contributed by atoms with Crippen LogP contribution in [0.15, 0.2) is 48.5 Å². The van der Waals surface area contributed by atoms with Crippen molar-refractivity contribution >= 4 is 23.5 Å². The molecule has 0 saturated carbocycles. The van der Waals surface area contributed by atoms with Gasteiger partial charge in [0, 0.05) is 17.3 Å². The molecule has 2 aromatic carbocycles. The van der Waals surface area contributed by atoms with Crippen molar-refractivity contribution < 1.29 is 28.6 Å². The molecule has 2 aromatic rings. The van der Waals surface area contributed by atoms with Crippen LogP contribution in [0.3, 0.4) is 0 Å². The maximum atomic E-state index is 12.5. The first-order chi connectivity index (χ1) is 12.5. The van der Waals surface area contributed by atoms with Crippen LogP contribution in [0.25, 0.3) is 0 Å². The van der Waals surface area contributed by atoms with Gasteiger partial charge in [0.25, 0.3) is 11.3 Å². The fourth-order valence-electron chi connectivity index (χ4n) is 2.92. The molecule has 7 nitrogen and oxygen atoms in total. The number of ether oxygens (including phenoxy) is 3. The van der Waals surface area contributed by atoms with Crippen LogP contribution in [-0.4, -0.2) is 32.1 Å². The number of hydrogen-bond donors (Lipinski definition) is 1. The summed E-state index contributed by atoms with van der Waals surface area (Å²) in [5, 5.41) is 2.54. The Morgan fingerprint density at radius 2 is 1.65 bits per heavy atom. The number of carbonyl (C=O) groups is 3. The minimum absolute atomic E-state index is 0.174. The van der Waals surface area contributed by atoms with E-state index in [1.165, 1.54) is 6.07 Å². The van der Waals surface area contributed by atoms with E-state index in [9.17, 15) is 14.4 Å². The molecule has 1 heterocycles. The predicted molar refractivity (Wildman–Crippen MR) is 91.6 cm³/mol. The standard InChI is InChI=1S/C19H17NO6/c1-24-17(22)19(18(23)25-2)14-9-8-13(10-15(14)20-16(19)21)26-11-12-6-4-3-5-7-12/h3-10H,11H2,1-2H3,(H,20,21). The van der Waals surface area contributed by atoms with E-state index in [-0.39, 0.29) is 5.56 Å². The first-order valence-electron chi connectivity index (χ1n) is 7.83. The first-order valence-corrected chi connectivity index (χ1v) is 7.83. The summed E-state index contributed by atoms with van der Waals surface area (Å²) in [6.07, 6.45) is 0. The number of hydrogen-bond acceptors (Lipinski definition) is 6. The molecule has 7 heteroatoms. The van der Waals surface area contributed by atoms with Gasteiger partial charge in [0.15, 0.2) is 0 Å². The highest BCUT2D eigenvalue weighted by atomic mass is 16.5. The molecule has 0 radical (unpaired) electrons. The molecule has 3 rings (SSSR count). The number of amides is 1. The van der Waals surface area contributed by atoms with E-state index in [4.69, 9.17) is 14.2 Å². The van der Waals surface area contributed by atoms with E-state index in [2.05, 4.69) is 5.32 Å². The van der Waals surface area contributed by atoms with Crippen LogP contribution in [0.1, 0.15) is 11.1 Å². The smallest absolute Gasteiger partial charge is 0.337 e. The average Bonchev–Trinajstić information content (AvgIpc) is 2.97. The summed E-state index contributed by atoms with van der Waals surface area (Å²) in [7, 11) is 2.21. The zero-order valence-electron chi connectivity index (χ0n) is 14.3. The largest absolute Gasteiger partial charge is 0.489 e. The van der Waals surface area contributed by atoms with Gasteiger partial charge in [0.1, 0.15) is 12.4 Å². The lowest BCUT2D eigenvalue weighted by molar-refractivity contribution is -0.163. The first kappa shape index (κ1) is 17.5. The van der Waals surface area contributed by atoms with Crippen molar-refractivity contribution in [3.8, 4) is 5.75 Å². The highest BCUT2D eigenvalue weighted by Gasteiger charge is 2.61. The second-order valence-corrected chi connectivity index (χ2v) is 5.67. The number of carbonyl (C=O) groups excluding carboxylic acids is 3. The second kappa shape index (κ2) is 6.87. The molecule has 0 atom stereocenters. The van der Waals surface area contributed by atoms with Crippen LogP contribution in [0.4, 0.5) is 5.69 Å². The zero-order chi connectivity index (χ0) is 18.7. The van der Waals surface area contributed by atoms with E-state index in [1.54, 1.807) is 12.1 Å². The van der Waals surface area contributed by atoms with Gasteiger partial charge in [-0.2, -0.15) is 0 Å². The monoisotopic (exact) mass is 355 g/mol. The van der Waals surface area contributed by atoms with Gasteiger partial charge in [0.05, 0.1) is 14.2 Å². The van der Waals surface area contributed by atoms with Crippen LogP contribution in [0.5, 0.6) is 5.75 Å². The van der Waals surface area contributed by atoms with Gasteiger partial charge in [-0.15, -0.1) is 0 Å². The Morgan fingerprint density at radius 3 is 2.27 bits per heavy atom. The van der Waals surface area contributed by atoms with Crippen LogP contribution in [0, 0.1) is 0 Å². The molecule has 1 aliphatic rings. The molecule has 1 aliphatic heterocycles. The molecule has 0 aliphatic carbocycles. The third kappa shape index (κ3) is 2.67. The van der Waals surface area contributed by atoms with Crippen LogP contribution >= 0.6 is 0 Å². The molecular formula is C19H17NO6. The molecule has 0 aromatic heterocycles. The molecule has 0 unspecified atom stereocenters. The van der Waals surface area contributed by atoms with E-state index in [0.717, 1.165) is 19.8 Å². The van der Waals surface area contributed by atoms with Gasteiger partial charge in [-0.3, -0.25) is 4.79 Å². The molecule has 0 spiro atoms. The lowest BCUT2D eigenvalue weighted by Gasteiger charge is -2.21. The molecule has 0 bridgehead atoms. The van der Waals surface area contributed by atoms with E-state index in [0.29, 0.717) is 18.0 Å². The lowest BCUT2D eigenvalue weighted by Crippen LogP contribution is -2.50. The minimum atomic E-state index is -2.17. The number of rotatable bonds is 5. The minimum Gasteiger partial charge on any atom is -0.489 e. The summed E-state index contributed by atoms with van der Waals surface area (Å²) in [5.74, 6) is -2.33. The molecule has 1 amide bonds. The van der Waals surface area contributed by atoms with Crippen molar-refractivity contribution in [1.82, 2.24) is 0 Å². The summed E-state index contributed by atoms with van der Waals surface area (Å²) >= 11 is 0. The van der Waals surface area contributed by atoms with E-state index >= 15 is 0 Å². The summed E-state index contributed by atoms with van der Waals surface area (Å²) < 4.78 is 15.1. The van der Waals surface area contributed by atoms with Gasteiger partial charge < -0.3 is 19.5 Å². The quantitative estimate of drug-likeness (QED) is 0.650. The zero-order valence-corrected chi connectivity index (χ0v) is 14.3. The van der Waals surface area contributed by atoms with E-state index < -0.39 is 23.3 Å². The van der Waals surface area contributed by atoms with Gasteiger partial charge in [-0.25, -0.2) is 9.59 Å². The number of anilines is 1. The summed E-state index contributed by atoms with van der Waals surface area (Å²) in [6, 6.07) is 14.2. The Hall–Kier alpha value is -3.35. The molecule has 0 saturated heterocycles. The molecule has 1 N–H and O–H groups in total. The number of benzene rings is 2. The van der Waals surface area contributed by atoms with Crippen molar-refractivity contribution in [1.29, 1.82) is 0 Å². The fourth-order valence-corrected chi connectivity index (χ4v) is 2.92. The lowest BCUT2D eigenvalue weighted by atomic mass is 9.81. The van der Waals surface area contributed by atoms with Crippen molar-refractivity contribution in [3.63, 3.8) is 0 Å². The van der Waals surface area contributed by atoms with Crippen molar-refractivity contribution in [2.45, 2.75) is 12.0 Å². The molecule has 26 heavy (non-hydrogen) atoms. The summed E-state index contributed by atoms with van der Waals surface area (Å²) in [5.41, 5.74) is -0.711. The maximum Gasteiger partial charge on any atom is 0.337 e. The molecule has 0 fully saturated rings. The fraction of sp³-hybridized carbons (Fsp3) is 0.211. The highest BCUT2D eigenvalue weighted by Crippen LogP contribution is 2.41. The Balaban J connectivity index is 1.93. The van der Waals surface area contributed by atoms with Crippen molar-refractivity contribution in [3.05, 3.63) is 59.7 Å². The Kier molecular flexibility index (Phi) is 4.62. The van der Waals surface area contributed by atoms with Gasteiger partial charge in [-0.1, -0.05) is 36.4 Å². The van der Waals surface area contributed by atoms with Crippen molar-refractivity contribution in [2.24, 2.45) is 0 Å². The van der Waals surface area contributed by atoms with Gasteiger partial charge >= 0.3 is 11.9 Å². The van der Waals surface area contributed by atoms with Crippen molar-refractivity contribution in [2.75, 3.05) is 19.5 Å². The number of esters is 2. The van der Waals surface area contributed by atoms with Gasteiger partial charge in [-0.05, 0) is 11.6 Å². The Labute approximate surface area is 149 Å². The summed E-state index contributed by atoms with van der Waals surface area (Å²) in [4.78, 5) is 37.1. The SMILES string of the molecule is COC(=O)C1(C(=O)OC)C(=O)Nc2cc(OCc3ccccc3)ccc21. The Bertz CT molecular complexity index is 846. The Morgan fingerprint density at radius 1 is 1.00 bits per heavy atom. The average molecular weight is 355 g/mol. The summed E-state index contributed by atoms with van der Waals surface area (Å²) in [6.45, 7) is 0.340.